The minimum Gasteiger partial charge on any atom is -0.492 e. The molecule has 134 valence electrons. The number of hydrogen-bond acceptors (Lipinski definition) is 5. The maximum absolute atomic E-state index is 12.9. The van der Waals surface area contributed by atoms with Gasteiger partial charge in [-0.3, -0.25) is 4.79 Å². The van der Waals surface area contributed by atoms with E-state index in [-0.39, 0.29) is 28.8 Å². The van der Waals surface area contributed by atoms with Crippen LogP contribution in [0.5, 0.6) is 5.75 Å². The van der Waals surface area contributed by atoms with Crippen LogP contribution in [0.15, 0.2) is 23.1 Å². The van der Waals surface area contributed by atoms with Gasteiger partial charge in [-0.25, -0.2) is 8.42 Å². The fourth-order valence-corrected chi connectivity index (χ4v) is 4.64. The van der Waals surface area contributed by atoms with E-state index in [9.17, 15) is 18.3 Å². The molecule has 9 heteroatoms. The van der Waals surface area contributed by atoms with Gasteiger partial charge in [0.25, 0.3) is 0 Å². The second-order valence-corrected chi connectivity index (χ2v) is 7.69. The normalized spacial score (nSPS) is 18.7. The van der Waals surface area contributed by atoms with Crippen LogP contribution in [-0.4, -0.2) is 56.7 Å². The number of carboxylic acid groups (broad SMARTS) is 1. The number of benzene rings is 1. The summed E-state index contributed by atoms with van der Waals surface area (Å²) in [5, 5.41) is 9.48. The van der Waals surface area contributed by atoms with Crippen molar-refractivity contribution in [2.75, 3.05) is 26.9 Å². The molecule has 1 aromatic rings. The molecule has 1 aliphatic heterocycles. The van der Waals surface area contributed by atoms with E-state index < -0.39 is 22.0 Å². The number of halogens is 1. The minimum atomic E-state index is -4.02. The number of hydrogen-bond donors (Lipinski definition) is 1. The molecule has 24 heavy (non-hydrogen) atoms. The molecule has 0 radical (unpaired) electrons. The fraction of sp³-hybridized carbons (Fsp3) is 0.533. The molecule has 2 rings (SSSR count). The Kier molecular flexibility index (Phi) is 6.45. The molecular weight excluding hydrogens is 358 g/mol. The number of sulfonamides is 1. The SMILES string of the molecule is COCCCOc1ccc(Cl)cc1S(=O)(=O)N1CCCC1C(=O)O. The van der Waals surface area contributed by atoms with Crippen LogP contribution < -0.4 is 4.74 Å². The summed E-state index contributed by atoms with van der Waals surface area (Å²) in [6.45, 7) is 0.929. The van der Waals surface area contributed by atoms with E-state index in [1.165, 1.54) is 18.2 Å². The quantitative estimate of drug-likeness (QED) is 0.696. The summed E-state index contributed by atoms with van der Waals surface area (Å²) in [6, 6.07) is 3.24. The second-order valence-electron chi connectivity index (χ2n) is 5.40. The molecule has 0 aromatic heterocycles. The summed E-state index contributed by atoms with van der Waals surface area (Å²) in [4.78, 5) is 11.2. The van der Waals surface area contributed by atoms with Crippen LogP contribution in [0.25, 0.3) is 0 Å². The van der Waals surface area contributed by atoms with Gasteiger partial charge < -0.3 is 14.6 Å². The lowest BCUT2D eigenvalue weighted by Crippen LogP contribution is -2.40. The average Bonchev–Trinajstić information content (AvgIpc) is 3.03. The lowest BCUT2D eigenvalue weighted by atomic mass is 10.2. The Morgan fingerprint density at radius 2 is 2.17 bits per heavy atom. The number of aliphatic carboxylic acids is 1. The number of carbonyl (C=O) groups is 1. The first-order chi connectivity index (χ1) is 11.4. The largest absolute Gasteiger partial charge is 0.492 e. The first kappa shape index (κ1) is 19.0. The van der Waals surface area contributed by atoms with Crippen LogP contribution >= 0.6 is 11.6 Å². The van der Waals surface area contributed by atoms with Crippen molar-refractivity contribution in [2.45, 2.75) is 30.2 Å². The third-order valence-corrected chi connectivity index (χ3v) is 5.90. The van der Waals surface area contributed by atoms with E-state index >= 15 is 0 Å². The Labute approximate surface area is 146 Å². The van der Waals surface area contributed by atoms with E-state index in [1.807, 2.05) is 0 Å². The van der Waals surface area contributed by atoms with E-state index in [0.717, 1.165) is 4.31 Å². The van der Waals surface area contributed by atoms with Gasteiger partial charge in [-0.1, -0.05) is 11.6 Å². The fourth-order valence-electron chi connectivity index (χ4n) is 2.59. The maximum Gasteiger partial charge on any atom is 0.322 e. The molecule has 1 atom stereocenters. The molecule has 1 unspecified atom stereocenters. The van der Waals surface area contributed by atoms with Crippen LogP contribution in [0.2, 0.25) is 5.02 Å². The highest BCUT2D eigenvalue weighted by molar-refractivity contribution is 7.89. The van der Waals surface area contributed by atoms with Crippen molar-refractivity contribution >= 4 is 27.6 Å². The van der Waals surface area contributed by atoms with Crippen molar-refractivity contribution in [3.63, 3.8) is 0 Å². The molecule has 1 saturated heterocycles. The Bertz CT molecular complexity index is 693. The topological polar surface area (TPSA) is 93.1 Å². The molecule has 1 fully saturated rings. The van der Waals surface area contributed by atoms with Crippen molar-refractivity contribution in [1.29, 1.82) is 0 Å². The molecule has 0 spiro atoms. The highest BCUT2D eigenvalue weighted by atomic mass is 35.5. The maximum atomic E-state index is 12.9. The van der Waals surface area contributed by atoms with Crippen molar-refractivity contribution < 1.29 is 27.8 Å². The molecular formula is C15H20ClNO6S. The number of rotatable bonds is 8. The van der Waals surface area contributed by atoms with E-state index in [1.54, 1.807) is 7.11 Å². The molecule has 0 amide bonds. The molecule has 0 aliphatic carbocycles. The predicted molar refractivity (Wildman–Crippen MR) is 88.0 cm³/mol. The summed E-state index contributed by atoms with van der Waals surface area (Å²) in [5.74, 6) is -0.993. The lowest BCUT2D eigenvalue weighted by molar-refractivity contribution is -0.140. The van der Waals surface area contributed by atoms with Gasteiger partial charge in [-0.15, -0.1) is 0 Å². The minimum absolute atomic E-state index is 0.111. The Morgan fingerprint density at radius 3 is 2.83 bits per heavy atom. The number of nitrogens with zero attached hydrogens (tertiary/aromatic N) is 1. The van der Waals surface area contributed by atoms with Crippen LogP contribution in [0.1, 0.15) is 19.3 Å². The van der Waals surface area contributed by atoms with Crippen LogP contribution in [0, 0.1) is 0 Å². The highest BCUT2D eigenvalue weighted by Gasteiger charge is 2.40. The van der Waals surface area contributed by atoms with Crippen LogP contribution in [-0.2, 0) is 19.6 Å². The van der Waals surface area contributed by atoms with Crippen molar-refractivity contribution in [1.82, 2.24) is 4.31 Å². The van der Waals surface area contributed by atoms with E-state index in [4.69, 9.17) is 21.1 Å². The Balaban J connectivity index is 2.31. The van der Waals surface area contributed by atoms with E-state index in [0.29, 0.717) is 25.9 Å². The summed E-state index contributed by atoms with van der Waals surface area (Å²) < 4.78 is 37.3. The van der Waals surface area contributed by atoms with Gasteiger partial charge in [0.2, 0.25) is 10.0 Å². The summed E-state index contributed by atoms with van der Waals surface area (Å²) >= 11 is 5.94. The Hall–Kier alpha value is -1.35. The average molecular weight is 378 g/mol. The zero-order valence-corrected chi connectivity index (χ0v) is 14.8. The molecule has 0 bridgehead atoms. The Morgan fingerprint density at radius 1 is 1.42 bits per heavy atom. The van der Waals surface area contributed by atoms with Gasteiger partial charge in [-0.2, -0.15) is 4.31 Å². The summed E-state index contributed by atoms with van der Waals surface area (Å²) in [5.41, 5.74) is 0. The number of carboxylic acids is 1. The van der Waals surface area contributed by atoms with Gasteiger partial charge in [0.15, 0.2) is 0 Å². The zero-order valence-electron chi connectivity index (χ0n) is 13.3. The molecule has 1 aliphatic rings. The summed E-state index contributed by atoms with van der Waals surface area (Å²) in [7, 11) is -2.45. The van der Waals surface area contributed by atoms with Crippen LogP contribution in [0.4, 0.5) is 0 Å². The second kappa shape index (κ2) is 8.15. The van der Waals surface area contributed by atoms with Crippen molar-refractivity contribution in [3.05, 3.63) is 23.2 Å². The van der Waals surface area contributed by atoms with Gasteiger partial charge in [0.1, 0.15) is 16.7 Å². The molecule has 7 nitrogen and oxygen atoms in total. The molecule has 0 saturated carbocycles. The number of ether oxygens (including phenoxy) is 2. The molecule has 1 aromatic carbocycles. The van der Waals surface area contributed by atoms with E-state index in [2.05, 4.69) is 0 Å². The van der Waals surface area contributed by atoms with Crippen LogP contribution in [0.3, 0.4) is 0 Å². The third-order valence-electron chi connectivity index (χ3n) is 3.73. The molecule has 1 N–H and O–H groups in total. The van der Waals surface area contributed by atoms with Gasteiger partial charge >= 0.3 is 5.97 Å². The standard InChI is InChI=1S/C15H20ClNO6S/c1-22-8-3-9-23-13-6-5-11(16)10-14(13)24(20,21)17-7-2-4-12(17)15(18)19/h5-6,10,12H,2-4,7-9H2,1H3,(H,18,19). The molecule has 1 heterocycles. The third kappa shape index (κ3) is 4.18. The first-order valence-corrected chi connectivity index (χ1v) is 9.35. The number of methoxy groups -OCH3 is 1. The van der Waals surface area contributed by atoms with Gasteiger partial charge in [-0.05, 0) is 31.0 Å². The predicted octanol–water partition coefficient (Wildman–Crippen LogP) is 1.99. The van der Waals surface area contributed by atoms with Crippen molar-refractivity contribution in [2.24, 2.45) is 0 Å². The zero-order chi connectivity index (χ0) is 17.7. The first-order valence-electron chi connectivity index (χ1n) is 7.54. The lowest BCUT2D eigenvalue weighted by Gasteiger charge is -2.22. The monoisotopic (exact) mass is 377 g/mol. The summed E-state index contributed by atoms with van der Waals surface area (Å²) in [6.07, 6.45) is 1.39. The van der Waals surface area contributed by atoms with Gasteiger partial charge in [0.05, 0.1) is 6.61 Å². The highest BCUT2D eigenvalue weighted by Crippen LogP contribution is 2.33. The van der Waals surface area contributed by atoms with Crippen molar-refractivity contribution in [3.8, 4) is 5.75 Å². The van der Waals surface area contributed by atoms with Gasteiger partial charge in [0, 0.05) is 31.7 Å². The smallest absolute Gasteiger partial charge is 0.322 e.